The van der Waals surface area contributed by atoms with Crippen LogP contribution >= 0.6 is 11.3 Å². The number of ether oxygens (including phenoxy) is 1. The Bertz CT molecular complexity index is 1040. The fraction of sp³-hybridized carbons (Fsp3) is 0.700. The summed E-state index contributed by atoms with van der Waals surface area (Å²) in [6.45, 7) is 13.3. The first kappa shape index (κ1) is 30.7. The van der Waals surface area contributed by atoms with Gasteiger partial charge in [-0.15, -0.1) is 11.3 Å². The number of fused-ring (bicyclic) bond motifs is 1. The van der Waals surface area contributed by atoms with E-state index in [0.717, 1.165) is 35.5 Å². The lowest BCUT2D eigenvalue weighted by Crippen LogP contribution is -2.48. The molecule has 0 spiro atoms. The Hall–Kier alpha value is -1.87. The van der Waals surface area contributed by atoms with Crippen molar-refractivity contribution < 1.29 is 24.5 Å². The number of ketones is 1. The highest BCUT2D eigenvalue weighted by atomic mass is 32.1. The Morgan fingerprint density at radius 1 is 1.26 bits per heavy atom. The molecule has 7 atom stereocenters. The minimum Gasteiger partial charge on any atom is -0.392 e. The first-order chi connectivity index (χ1) is 17.7. The van der Waals surface area contributed by atoms with Crippen LogP contribution in [0.1, 0.15) is 90.8 Å². The van der Waals surface area contributed by atoms with Gasteiger partial charge in [-0.2, -0.15) is 0 Å². The Labute approximate surface area is 231 Å². The number of hydrogen-bond acceptors (Lipinski definition) is 7. The summed E-state index contributed by atoms with van der Waals surface area (Å²) < 4.78 is 6.10. The quantitative estimate of drug-likeness (QED) is 0.362. The van der Waals surface area contributed by atoms with Gasteiger partial charge in [0.1, 0.15) is 5.78 Å². The van der Waals surface area contributed by atoms with Gasteiger partial charge >= 0.3 is 0 Å². The molecule has 7 nitrogen and oxygen atoms in total. The summed E-state index contributed by atoms with van der Waals surface area (Å²) in [6.07, 6.45) is 7.11. The molecule has 1 amide bonds. The van der Waals surface area contributed by atoms with Gasteiger partial charge in [0.05, 0.1) is 52.5 Å². The number of Topliss-reactive ketones (excluding diaryl/α,β-unsaturated/α-hetero) is 1. The molecule has 38 heavy (non-hydrogen) atoms. The number of amides is 1. The van der Waals surface area contributed by atoms with E-state index in [-0.39, 0.29) is 41.8 Å². The van der Waals surface area contributed by atoms with E-state index >= 15 is 0 Å². The Morgan fingerprint density at radius 3 is 2.61 bits per heavy atom. The maximum absolute atomic E-state index is 13.8. The summed E-state index contributed by atoms with van der Waals surface area (Å²) in [5.41, 5.74) is 0.445. The Balaban J connectivity index is 1.86. The third-order valence-electron chi connectivity index (χ3n) is 8.28. The van der Waals surface area contributed by atoms with E-state index in [1.807, 2.05) is 51.3 Å². The number of thiazole rings is 1. The monoisotopic (exact) mass is 546 g/mol. The SMILES string of the molecule is CC(C)=CCC1C(=O)C(C)(C)C(O)CC(=O)NC(C=Cc2csc(C)n2)CC2OC2(C)CCCC(C)C1O. The van der Waals surface area contributed by atoms with Gasteiger partial charge < -0.3 is 20.3 Å². The molecule has 0 aliphatic carbocycles. The minimum absolute atomic E-state index is 0.0103. The van der Waals surface area contributed by atoms with Crippen molar-refractivity contribution in [2.75, 3.05) is 0 Å². The number of epoxide rings is 1. The third-order valence-corrected chi connectivity index (χ3v) is 9.07. The number of nitrogens with one attached hydrogen (secondary N) is 1. The van der Waals surface area contributed by atoms with Gasteiger partial charge in [-0.3, -0.25) is 9.59 Å². The van der Waals surface area contributed by atoms with Crippen LogP contribution in [0.2, 0.25) is 0 Å². The van der Waals surface area contributed by atoms with Crippen LogP contribution in [-0.4, -0.2) is 56.8 Å². The molecule has 1 aromatic rings. The Morgan fingerprint density at radius 2 is 1.97 bits per heavy atom. The van der Waals surface area contributed by atoms with Gasteiger partial charge in [-0.25, -0.2) is 4.98 Å². The van der Waals surface area contributed by atoms with E-state index in [2.05, 4.69) is 17.2 Å². The topological polar surface area (TPSA) is 112 Å². The molecular weight excluding hydrogens is 500 g/mol. The van der Waals surface area contributed by atoms with E-state index in [9.17, 15) is 19.8 Å². The largest absolute Gasteiger partial charge is 0.392 e. The van der Waals surface area contributed by atoms with Gasteiger partial charge in [0.25, 0.3) is 0 Å². The van der Waals surface area contributed by atoms with E-state index < -0.39 is 23.5 Å². The highest BCUT2D eigenvalue weighted by molar-refractivity contribution is 7.09. The maximum atomic E-state index is 13.8. The van der Waals surface area contributed by atoms with Crippen LogP contribution in [0.15, 0.2) is 23.1 Å². The highest BCUT2D eigenvalue weighted by Gasteiger charge is 2.52. The lowest BCUT2D eigenvalue weighted by atomic mass is 9.71. The molecule has 2 saturated heterocycles. The molecule has 2 aliphatic heterocycles. The second kappa shape index (κ2) is 12.5. The van der Waals surface area contributed by atoms with Crippen LogP contribution in [0.3, 0.4) is 0 Å². The van der Waals surface area contributed by atoms with Crippen LogP contribution in [0.5, 0.6) is 0 Å². The molecule has 0 saturated carbocycles. The van der Waals surface area contributed by atoms with Crippen LogP contribution in [0.4, 0.5) is 0 Å². The van der Waals surface area contributed by atoms with Crippen LogP contribution < -0.4 is 5.32 Å². The van der Waals surface area contributed by atoms with Crippen molar-refractivity contribution in [3.63, 3.8) is 0 Å². The number of aliphatic hydroxyl groups is 2. The standard InChI is InChI=1S/C30H46N2O5S/c1-18(2)10-13-23-27(35)19(3)9-8-14-30(7)25(37-30)15-21(11-12-22-17-38-20(4)31-22)32-26(34)16-24(33)29(5,6)28(23)36/h10-12,17,19,21,23-25,27,33,35H,8-9,13-16H2,1-7H3,(H,32,34). The van der Waals surface area contributed by atoms with E-state index in [1.54, 1.807) is 25.2 Å². The average Bonchev–Trinajstić information content (AvgIpc) is 3.26. The molecule has 2 aliphatic rings. The van der Waals surface area contributed by atoms with E-state index in [0.29, 0.717) is 12.8 Å². The van der Waals surface area contributed by atoms with Crippen LogP contribution in [0, 0.1) is 24.2 Å². The van der Waals surface area contributed by atoms with Crippen molar-refractivity contribution >= 4 is 29.1 Å². The second-order valence-electron chi connectivity index (χ2n) is 12.3. The molecule has 7 unspecified atom stereocenters. The predicted molar refractivity (Wildman–Crippen MR) is 152 cm³/mol. The van der Waals surface area contributed by atoms with Gasteiger partial charge in [0, 0.05) is 17.7 Å². The van der Waals surface area contributed by atoms with Gasteiger partial charge in [-0.1, -0.05) is 44.9 Å². The second-order valence-corrected chi connectivity index (χ2v) is 13.3. The van der Waals surface area contributed by atoms with Crippen LogP contribution in [-0.2, 0) is 14.3 Å². The number of nitrogens with zero attached hydrogens (tertiary/aromatic N) is 1. The number of hydrogen-bond donors (Lipinski definition) is 3. The van der Waals surface area contributed by atoms with Gasteiger partial charge in [-0.05, 0) is 59.0 Å². The third kappa shape index (κ3) is 7.84. The zero-order valence-electron chi connectivity index (χ0n) is 24.0. The van der Waals surface area contributed by atoms with Gasteiger partial charge in [0.2, 0.25) is 5.91 Å². The summed E-state index contributed by atoms with van der Waals surface area (Å²) in [5.74, 6) is -1.28. The molecule has 212 valence electrons. The molecule has 0 bridgehead atoms. The number of aliphatic hydroxyl groups excluding tert-OH is 2. The lowest BCUT2D eigenvalue weighted by molar-refractivity contribution is -0.143. The first-order valence-corrected chi connectivity index (χ1v) is 14.7. The smallest absolute Gasteiger partial charge is 0.223 e. The molecule has 0 aromatic carbocycles. The zero-order valence-corrected chi connectivity index (χ0v) is 24.8. The van der Waals surface area contributed by atoms with Crippen molar-refractivity contribution in [3.8, 4) is 0 Å². The number of aryl methyl sites for hydroxylation is 1. The van der Waals surface area contributed by atoms with Crippen molar-refractivity contribution in [3.05, 3.63) is 33.8 Å². The van der Waals surface area contributed by atoms with E-state index in [1.165, 1.54) is 0 Å². The fourth-order valence-electron chi connectivity index (χ4n) is 5.34. The molecule has 3 rings (SSSR count). The first-order valence-electron chi connectivity index (χ1n) is 13.8. The highest BCUT2D eigenvalue weighted by Crippen LogP contribution is 2.44. The number of carbonyl (C=O) groups excluding carboxylic acids is 2. The number of aromatic nitrogens is 1. The molecule has 0 radical (unpaired) electrons. The number of rotatable bonds is 4. The molecule has 8 heteroatoms. The minimum atomic E-state index is -1.20. The number of allylic oxidation sites excluding steroid dienone is 2. The normalized spacial score (nSPS) is 35.0. The summed E-state index contributed by atoms with van der Waals surface area (Å²) in [6, 6.07) is -0.290. The molecule has 3 heterocycles. The molecular formula is C30H46N2O5S. The number of carbonyl (C=O) groups is 2. The van der Waals surface area contributed by atoms with E-state index in [4.69, 9.17) is 4.74 Å². The van der Waals surface area contributed by atoms with Crippen molar-refractivity contribution in [2.45, 2.75) is 117 Å². The van der Waals surface area contributed by atoms with Crippen molar-refractivity contribution in [2.24, 2.45) is 17.3 Å². The fourth-order valence-corrected chi connectivity index (χ4v) is 5.92. The lowest BCUT2D eigenvalue weighted by Gasteiger charge is -2.36. The van der Waals surface area contributed by atoms with Crippen molar-refractivity contribution in [1.29, 1.82) is 0 Å². The molecule has 1 aromatic heterocycles. The predicted octanol–water partition coefficient (Wildman–Crippen LogP) is 5.00. The molecule has 3 N–H and O–H groups in total. The molecule has 2 fully saturated rings. The zero-order chi connectivity index (χ0) is 28.3. The summed E-state index contributed by atoms with van der Waals surface area (Å²) in [5, 5.41) is 28.4. The maximum Gasteiger partial charge on any atom is 0.223 e. The van der Waals surface area contributed by atoms with Crippen LogP contribution in [0.25, 0.3) is 6.08 Å². The Kier molecular flexibility index (Phi) is 10.1. The van der Waals surface area contributed by atoms with Gasteiger partial charge in [0.15, 0.2) is 0 Å². The average molecular weight is 547 g/mol. The van der Waals surface area contributed by atoms with Crippen molar-refractivity contribution in [1.82, 2.24) is 10.3 Å². The summed E-state index contributed by atoms with van der Waals surface area (Å²) in [7, 11) is 0. The summed E-state index contributed by atoms with van der Waals surface area (Å²) >= 11 is 1.57. The summed E-state index contributed by atoms with van der Waals surface area (Å²) in [4.78, 5) is 31.3.